The van der Waals surface area contributed by atoms with Crippen LogP contribution in [0, 0.1) is 17.8 Å². The van der Waals surface area contributed by atoms with Crippen LogP contribution in [0.1, 0.15) is 40.0 Å². The summed E-state index contributed by atoms with van der Waals surface area (Å²) in [4.78, 5) is 43.9. The van der Waals surface area contributed by atoms with E-state index in [0.29, 0.717) is 13.1 Å². The number of aliphatic hydroxyl groups excluding tert-OH is 1. The van der Waals surface area contributed by atoms with Crippen molar-refractivity contribution in [2.75, 3.05) is 26.3 Å². The highest BCUT2D eigenvalue weighted by Gasteiger charge is 2.72. The quantitative estimate of drug-likeness (QED) is 0.360. The summed E-state index contributed by atoms with van der Waals surface area (Å²) < 4.78 is 11.8. The van der Waals surface area contributed by atoms with Crippen molar-refractivity contribution in [2.24, 2.45) is 17.8 Å². The standard InChI is InChI=1S/C24H34N2O6/c1-4-5-6-11-25-12-8-10-24-19(18-17(32-24)9-7-13-31-23(18)30)21(28)26(20(24)22(25)29)16(14-27)15(2)3/h7-10,15-20,27H,4-6,11-14H2,1-3H3/t16?,17-,18+,19+,20-,24?/m1/s1. The topological polar surface area (TPSA) is 96.4 Å². The van der Waals surface area contributed by atoms with Gasteiger partial charge >= 0.3 is 5.97 Å². The molecule has 0 aliphatic carbocycles. The Kier molecular flexibility index (Phi) is 6.45. The van der Waals surface area contributed by atoms with E-state index in [9.17, 15) is 19.5 Å². The van der Waals surface area contributed by atoms with E-state index < -0.39 is 41.6 Å². The number of amides is 2. The largest absolute Gasteiger partial charge is 0.461 e. The van der Waals surface area contributed by atoms with Crippen LogP contribution in [0.5, 0.6) is 0 Å². The number of esters is 1. The van der Waals surface area contributed by atoms with Crippen LogP contribution in [0.4, 0.5) is 0 Å². The lowest BCUT2D eigenvalue weighted by molar-refractivity contribution is -0.155. The van der Waals surface area contributed by atoms with Gasteiger partial charge in [-0.05, 0) is 18.4 Å². The first kappa shape index (κ1) is 23.0. The van der Waals surface area contributed by atoms with E-state index in [2.05, 4.69) is 6.92 Å². The molecule has 0 aromatic carbocycles. The number of hydrogen-bond donors (Lipinski definition) is 1. The maximum atomic E-state index is 13.9. The fourth-order valence-electron chi connectivity index (χ4n) is 5.69. The van der Waals surface area contributed by atoms with E-state index >= 15 is 0 Å². The molecule has 176 valence electrons. The van der Waals surface area contributed by atoms with Crippen molar-refractivity contribution >= 4 is 17.8 Å². The van der Waals surface area contributed by atoms with Gasteiger partial charge in [-0.25, -0.2) is 0 Å². The predicted molar refractivity (Wildman–Crippen MR) is 116 cm³/mol. The van der Waals surface area contributed by atoms with Crippen molar-refractivity contribution in [3.05, 3.63) is 24.3 Å². The zero-order valence-electron chi connectivity index (χ0n) is 19.1. The molecular formula is C24H34N2O6. The Hall–Kier alpha value is -2.19. The van der Waals surface area contributed by atoms with E-state index in [0.717, 1.165) is 19.3 Å². The Labute approximate surface area is 189 Å². The van der Waals surface area contributed by atoms with Gasteiger partial charge in [0.1, 0.15) is 24.2 Å². The number of carbonyl (C=O) groups excluding carboxylic acids is 3. The van der Waals surface area contributed by atoms with Crippen LogP contribution in [-0.4, -0.2) is 82.8 Å². The minimum Gasteiger partial charge on any atom is -0.461 e. The molecule has 0 bridgehead atoms. The first-order valence-corrected chi connectivity index (χ1v) is 11.8. The van der Waals surface area contributed by atoms with Crippen LogP contribution in [-0.2, 0) is 23.9 Å². The van der Waals surface area contributed by atoms with Crippen molar-refractivity contribution in [3.8, 4) is 0 Å². The minimum absolute atomic E-state index is 0.0785. The highest BCUT2D eigenvalue weighted by molar-refractivity contribution is 5.99. The Morgan fingerprint density at radius 3 is 2.66 bits per heavy atom. The molecule has 4 aliphatic rings. The van der Waals surface area contributed by atoms with Crippen molar-refractivity contribution in [1.29, 1.82) is 0 Å². The predicted octanol–water partition coefficient (Wildman–Crippen LogP) is 1.29. The number of cyclic esters (lactones) is 1. The molecule has 2 saturated heterocycles. The first-order valence-electron chi connectivity index (χ1n) is 11.8. The summed E-state index contributed by atoms with van der Waals surface area (Å²) >= 11 is 0. The normalized spacial score (nSPS) is 34.8. The second-order valence-corrected chi connectivity index (χ2v) is 9.53. The zero-order valence-corrected chi connectivity index (χ0v) is 19.1. The number of aliphatic hydroxyl groups is 1. The summed E-state index contributed by atoms with van der Waals surface area (Å²) in [5, 5.41) is 10.2. The molecule has 32 heavy (non-hydrogen) atoms. The number of likely N-dealkylation sites (tertiary alicyclic amines) is 1. The summed E-state index contributed by atoms with van der Waals surface area (Å²) in [5.41, 5.74) is -1.26. The summed E-state index contributed by atoms with van der Waals surface area (Å²) in [6, 6.07) is -1.48. The summed E-state index contributed by atoms with van der Waals surface area (Å²) in [7, 11) is 0. The van der Waals surface area contributed by atoms with Gasteiger partial charge in [0.15, 0.2) is 0 Å². The highest BCUT2D eigenvalue weighted by Crippen LogP contribution is 2.54. The Morgan fingerprint density at radius 1 is 1.19 bits per heavy atom. The molecule has 1 spiro atoms. The van der Waals surface area contributed by atoms with Crippen molar-refractivity contribution in [3.63, 3.8) is 0 Å². The van der Waals surface area contributed by atoms with Gasteiger partial charge in [0.25, 0.3) is 0 Å². The number of fused-ring (bicyclic) bond motifs is 2. The van der Waals surface area contributed by atoms with Crippen LogP contribution in [0.2, 0.25) is 0 Å². The summed E-state index contributed by atoms with van der Waals surface area (Å²) in [6.07, 6.45) is 9.50. The molecule has 4 aliphatic heterocycles. The molecule has 2 amide bonds. The second kappa shape index (κ2) is 8.98. The SMILES string of the molecule is CCCCCN1CC=CC23O[C@@H]4C=CCOC(=O)[C@@H]4[C@H]2C(=O)N(C(CO)C(C)C)[C@@H]3C1=O. The molecule has 0 saturated carbocycles. The smallest absolute Gasteiger partial charge is 0.313 e. The molecule has 0 radical (unpaired) electrons. The molecule has 1 N–H and O–H groups in total. The van der Waals surface area contributed by atoms with Crippen molar-refractivity contribution < 1.29 is 29.0 Å². The Morgan fingerprint density at radius 2 is 1.97 bits per heavy atom. The number of rotatable bonds is 7. The second-order valence-electron chi connectivity index (χ2n) is 9.53. The third-order valence-corrected chi connectivity index (χ3v) is 7.28. The van der Waals surface area contributed by atoms with Gasteiger partial charge in [0.05, 0.1) is 24.7 Å². The molecule has 8 nitrogen and oxygen atoms in total. The van der Waals surface area contributed by atoms with E-state index in [1.807, 2.05) is 26.0 Å². The lowest BCUT2D eigenvalue weighted by Crippen LogP contribution is -2.59. The van der Waals surface area contributed by atoms with Crippen LogP contribution in [0.15, 0.2) is 24.3 Å². The molecule has 8 heteroatoms. The lowest BCUT2D eigenvalue weighted by atomic mass is 9.78. The Balaban J connectivity index is 1.80. The number of ether oxygens (including phenoxy) is 2. The van der Waals surface area contributed by atoms with Crippen LogP contribution < -0.4 is 0 Å². The molecule has 0 aromatic heterocycles. The van der Waals surface area contributed by atoms with Gasteiger partial charge in [-0.3, -0.25) is 14.4 Å². The zero-order chi connectivity index (χ0) is 23.0. The number of hydrogen-bond acceptors (Lipinski definition) is 6. The number of carbonyl (C=O) groups is 3. The molecule has 2 unspecified atom stereocenters. The van der Waals surface area contributed by atoms with E-state index in [4.69, 9.17) is 9.47 Å². The van der Waals surface area contributed by atoms with E-state index in [1.54, 1.807) is 17.1 Å². The van der Waals surface area contributed by atoms with Crippen molar-refractivity contribution in [1.82, 2.24) is 9.80 Å². The average molecular weight is 447 g/mol. The monoisotopic (exact) mass is 446 g/mol. The maximum absolute atomic E-state index is 13.9. The molecule has 4 heterocycles. The van der Waals surface area contributed by atoms with Gasteiger partial charge in [-0.1, -0.05) is 51.8 Å². The summed E-state index contributed by atoms with van der Waals surface area (Å²) in [5.74, 6) is -2.75. The Bertz CT molecular complexity index is 823. The van der Waals surface area contributed by atoms with Gasteiger partial charge < -0.3 is 24.4 Å². The fourth-order valence-corrected chi connectivity index (χ4v) is 5.69. The number of nitrogens with zero attached hydrogens (tertiary/aromatic N) is 2. The van der Waals surface area contributed by atoms with Crippen LogP contribution in [0.25, 0.3) is 0 Å². The minimum atomic E-state index is -1.26. The maximum Gasteiger partial charge on any atom is 0.313 e. The van der Waals surface area contributed by atoms with Crippen LogP contribution >= 0.6 is 0 Å². The third kappa shape index (κ3) is 3.48. The highest BCUT2D eigenvalue weighted by atomic mass is 16.6. The lowest BCUT2D eigenvalue weighted by Gasteiger charge is -2.39. The fraction of sp³-hybridized carbons (Fsp3) is 0.708. The van der Waals surface area contributed by atoms with Crippen LogP contribution in [0.3, 0.4) is 0 Å². The van der Waals surface area contributed by atoms with Gasteiger partial charge in [0.2, 0.25) is 11.8 Å². The number of unbranched alkanes of at least 4 members (excludes halogenated alkanes) is 2. The van der Waals surface area contributed by atoms with Gasteiger partial charge in [-0.2, -0.15) is 0 Å². The average Bonchev–Trinajstić information content (AvgIpc) is 3.05. The third-order valence-electron chi connectivity index (χ3n) is 7.28. The van der Waals surface area contributed by atoms with Gasteiger partial charge in [0, 0.05) is 13.1 Å². The van der Waals surface area contributed by atoms with E-state index in [1.165, 1.54) is 4.90 Å². The molecule has 0 aromatic rings. The molecule has 2 fully saturated rings. The molecule has 6 atom stereocenters. The van der Waals surface area contributed by atoms with Crippen molar-refractivity contribution in [2.45, 2.75) is 63.8 Å². The molecule has 4 rings (SSSR count). The van der Waals surface area contributed by atoms with E-state index in [-0.39, 0.29) is 30.9 Å². The van der Waals surface area contributed by atoms with Gasteiger partial charge in [-0.15, -0.1) is 0 Å². The first-order chi connectivity index (χ1) is 15.4. The molecular weight excluding hydrogens is 412 g/mol. The summed E-state index contributed by atoms with van der Waals surface area (Å²) in [6.45, 7) is 6.83.